The van der Waals surface area contributed by atoms with E-state index in [9.17, 15) is 0 Å². The van der Waals surface area contributed by atoms with E-state index in [1.54, 1.807) is 0 Å². The maximum atomic E-state index is 5.85. The molecule has 10 heteroatoms. The summed E-state index contributed by atoms with van der Waals surface area (Å²) in [4.78, 5) is 0. The zero-order chi connectivity index (χ0) is 14.4. The van der Waals surface area contributed by atoms with E-state index in [1.807, 2.05) is 13.8 Å². The molecule has 1 saturated heterocycles. The summed E-state index contributed by atoms with van der Waals surface area (Å²) in [6.07, 6.45) is -1.99. The summed E-state index contributed by atoms with van der Waals surface area (Å²) >= 11 is 0. The van der Waals surface area contributed by atoms with Gasteiger partial charge in [-0.25, -0.2) is 0 Å². The second-order valence-corrected chi connectivity index (χ2v) is 5.51. The van der Waals surface area contributed by atoms with Crippen molar-refractivity contribution >= 4 is 37.9 Å². The zero-order valence-electron chi connectivity index (χ0n) is 10.9. The molecule has 1 fully saturated rings. The van der Waals surface area contributed by atoms with Gasteiger partial charge < -0.3 is 27.6 Å². The van der Waals surface area contributed by atoms with E-state index in [4.69, 9.17) is 27.6 Å². The summed E-state index contributed by atoms with van der Waals surface area (Å²) in [6, 6.07) is 0. The van der Waals surface area contributed by atoms with Crippen molar-refractivity contribution in [1.82, 2.24) is 0 Å². The van der Waals surface area contributed by atoms with Crippen molar-refractivity contribution in [2.45, 2.75) is 50.7 Å². The molecule has 1 aliphatic heterocycles. The summed E-state index contributed by atoms with van der Waals surface area (Å²) in [5.41, 5.74) is 0. The van der Waals surface area contributed by atoms with Crippen LogP contribution in [0.1, 0.15) is 13.8 Å². The van der Waals surface area contributed by atoms with Gasteiger partial charge in [-0.15, -0.1) is 0 Å². The lowest BCUT2D eigenvalue weighted by Gasteiger charge is -2.44. The first-order chi connectivity index (χ1) is 9.08. The van der Waals surface area contributed by atoms with Gasteiger partial charge in [-0.1, -0.05) is 0 Å². The third-order valence-corrected chi connectivity index (χ3v) is 3.86. The topological polar surface area (TPSA) is 55.4 Å². The number of hydrogen-bond donors (Lipinski definition) is 0. The second-order valence-electron chi connectivity index (χ2n) is 4.36. The first-order valence-electron chi connectivity index (χ1n) is 5.78. The van der Waals surface area contributed by atoms with Crippen LogP contribution in [-0.2, 0) is 27.6 Å². The van der Waals surface area contributed by atoms with Crippen LogP contribution in [0.4, 0.5) is 0 Å². The Morgan fingerprint density at radius 1 is 0.947 bits per heavy atom. The Morgan fingerprint density at radius 2 is 1.53 bits per heavy atom. The highest BCUT2D eigenvalue weighted by atomic mass is 31.0. The molecule has 0 spiro atoms. The van der Waals surface area contributed by atoms with Gasteiger partial charge in [0.25, 0.3) is 0 Å². The van der Waals surface area contributed by atoms with Crippen molar-refractivity contribution in [2.75, 3.05) is 6.61 Å². The lowest BCUT2D eigenvalue weighted by Crippen LogP contribution is -2.60. The largest absolute Gasteiger partial charge is 0.363 e. The molecule has 1 aliphatic rings. The first-order valence-corrected chi connectivity index (χ1v) is 7.66. The van der Waals surface area contributed by atoms with Crippen LogP contribution in [-0.4, -0.2) is 43.4 Å². The molecule has 1 rings (SSSR count). The van der Waals surface area contributed by atoms with Crippen molar-refractivity contribution in [3.8, 4) is 0 Å². The van der Waals surface area contributed by atoms with Crippen LogP contribution in [0, 0.1) is 0 Å². The van der Waals surface area contributed by atoms with Gasteiger partial charge in [-0.2, -0.15) is 0 Å². The Labute approximate surface area is 123 Å². The van der Waals surface area contributed by atoms with Crippen LogP contribution in [0.2, 0.25) is 0 Å². The highest BCUT2D eigenvalue weighted by Crippen LogP contribution is 2.32. The molecule has 0 radical (unpaired) electrons. The fourth-order valence-corrected chi connectivity index (χ4v) is 3.06. The summed E-state index contributed by atoms with van der Waals surface area (Å²) in [6.45, 7) is 4.20. The summed E-state index contributed by atoms with van der Waals surface area (Å²) in [7, 11) is 8.86. The van der Waals surface area contributed by atoms with E-state index < -0.39 is 12.4 Å². The molecular formula is C9H22O6P4. The molecule has 0 bridgehead atoms. The van der Waals surface area contributed by atoms with Crippen LogP contribution in [0.5, 0.6) is 0 Å². The van der Waals surface area contributed by atoms with Gasteiger partial charge in [0.2, 0.25) is 0 Å². The van der Waals surface area contributed by atoms with Crippen molar-refractivity contribution in [3.63, 3.8) is 0 Å². The van der Waals surface area contributed by atoms with Gasteiger partial charge in [0, 0.05) is 37.9 Å². The molecule has 0 aromatic rings. The minimum absolute atomic E-state index is 0.00356. The number of hydrogen-bond acceptors (Lipinski definition) is 6. The SMILES string of the molecule is CC(C)O[C@@H]1O[C@H](COP)[C@@H](OP)[C@H](OP)[C@H]1OP. The van der Waals surface area contributed by atoms with Crippen molar-refractivity contribution < 1.29 is 27.6 Å². The van der Waals surface area contributed by atoms with Crippen molar-refractivity contribution in [1.29, 1.82) is 0 Å². The van der Waals surface area contributed by atoms with E-state index in [0.29, 0.717) is 6.61 Å². The number of rotatable bonds is 7. The van der Waals surface area contributed by atoms with E-state index in [-0.39, 0.29) is 24.4 Å². The zero-order valence-corrected chi connectivity index (χ0v) is 15.5. The Kier molecular flexibility index (Phi) is 9.25. The standard InChI is InChI=1S/C9H22O6P4/c1-4(2)11-9-8(15-19)7(14-18)6(13-17)5(12-9)3-10-16/h4-9H,3,16-19H2,1-2H3/t5-,6-,7+,8-,9-/m1/s1. The maximum Gasteiger partial charge on any atom is 0.187 e. The predicted octanol–water partition coefficient (Wildman–Crippen LogP) is 1.47. The highest BCUT2D eigenvalue weighted by molar-refractivity contribution is 7.10. The Bertz CT molecular complexity index is 259. The average molecular weight is 350 g/mol. The predicted molar refractivity (Wildman–Crippen MR) is 84.3 cm³/mol. The van der Waals surface area contributed by atoms with Gasteiger partial charge in [-0.05, 0) is 13.8 Å². The maximum absolute atomic E-state index is 5.85. The highest BCUT2D eigenvalue weighted by Gasteiger charge is 2.48. The molecule has 0 N–H and O–H groups in total. The van der Waals surface area contributed by atoms with Crippen LogP contribution in [0.25, 0.3) is 0 Å². The van der Waals surface area contributed by atoms with Gasteiger partial charge in [-0.3, -0.25) is 0 Å². The average Bonchev–Trinajstić information content (AvgIpc) is 2.37. The van der Waals surface area contributed by atoms with Crippen LogP contribution >= 0.6 is 37.9 Å². The van der Waals surface area contributed by atoms with Crippen molar-refractivity contribution in [3.05, 3.63) is 0 Å². The van der Waals surface area contributed by atoms with Crippen LogP contribution in [0.3, 0.4) is 0 Å². The lowest BCUT2D eigenvalue weighted by molar-refractivity contribution is -0.290. The monoisotopic (exact) mass is 350 g/mol. The Balaban J connectivity index is 2.88. The molecule has 0 saturated carbocycles. The molecule has 0 aliphatic carbocycles. The summed E-state index contributed by atoms with van der Waals surface area (Å²) in [5.74, 6) is 0. The molecule has 4 unspecified atom stereocenters. The number of ether oxygens (including phenoxy) is 2. The van der Waals surface area contributed by atoms with E-state index >= 15 is 0 Å². The van der Waals surface area contributed by atoms with Gasteiger partial charge in [0.1, 0.15) is 24.4 Å². The Hall–Kier alpha value is 1.48. The molecule has 19 heavy (non-hydrogen) atoms. The van der Waals surface area contributed by atoms with E-state index in [2.05, 4.69) is 37.9 Å². The molecule has 0 aromatic heterocycles. The molecule has 6 nitrogen and oxygen atoms in total. The van der Waals surface area contributed by atoms with Gasteiger partial charge in [0.05, 0.1) is 12.7 Å². The van der Waals surface area contributed by atoms with Crippen LogP contribution in [0.15, 0.2) is 0 Å². The molecule has 0 amide bonds. The van der Waals surface area contributed by atoms with Gasteiger partial charge >= 0.3 is 0 Å². The smallest absolute Gasteiger partial charge is 0.187 e. The molecule has 9 atom stereocenters. The third-order valence-electron chi connectivity index (χ3n) is 2.73. The minimum Gasteiger partial charge on any atom is -0.363 e. The molecule has 0 aromatic carbocycles. The minimum atomic E-state index is -0.551. The fraction of sp³-hybridized carbons (Fsp3) is 1.00. The molecular weight excluding hydrogens is 328 g/mol. The van der Waals surface area contributed by atoms with Crippen molar-refractivity contribution in [2.24, 2.45) is 0 Å². The van der Waals surface area contributed by atoms with E-state index in [1.165, 1.54) is 0 Å². The lowest BCUT2D eigenvalue weighted by atomic mass is 9.99. The quantitative estimate of drug-likeness (QED) is 0.649. The summed E-state index contributed by atoms with van der Waals surface area (Å²) < 4.78 is 32.8. The molecule has 1 heterocycles. The van der Waals surface area contributed by atoms with E-state index in [0.717, 1.165) is 0 Å². The second kappa shape index (κ2) is 9.49. The first kappa shape index (κ1) is 18.5. The Morgan fingerprint density at radius 3 is 1.95 bits per heavy atom. The van der Waals surface area contributed by atoms with Gasteiger partial charge in [0.15, 0.2) is 6.29 Å². The fourth-order valence-electron chi connectivity index (χ4n) is 1.95. The third kappa shape index (κ3) is 5.01. The molecule has 114 valence electrons. The summed E-state index contributed by atoms with van der Waals surface area (Å²) in [5, 5.41) is 0. The normalized spacial score (nSPS) is 35.8. The van der Waals surface area contributed by atoms with Crippen LogP contribution < -0.4 is 0 Å².